The molecule has 0 unspecified atom stereocenters. The van der Waals surface area contributed by atoms with Gasteiger partial charge in [-0.25, -0.2) is 4.98 Å². The summed E-state index contributed by atoms with van der Waals surface area (Å²) in [5, 5.41) is 11.3. The minimum Gasteiger partial charge on any atom is -0.497 e. The Morgan fingerprint density at radius 1 is 1.16 bits per heavy atom. The number of aryl methyl sites for hydroxylation is 2. The number of aromatic nitrogens is 4. The Labute approximate surface area is 148 Å². The highest BCUT2D eigenvalue weighted by Gasteiger charge is 2.14. The largest absolute Gasteiger partial charge is 0.497 e. The van der Waals surface area contributed by atoms with Crippen LogP contribution in [0.3, 0.4) is 0 Å². The van der Waals surface area contributed by atoms with E-state index in [1.807, 2.05) is 0 Å². The fraction of sp³-hybridized carbons (Fsp3) is 0.188. The molecule has 0 spiro atoms. The molecular formula is C16H15ClN6O2. The highest BCUT2D eigenvalue weighted by molar-refractivity contribution is 6.29. The SMILES string of the molecule is COc1ccc(N=Nc2c(C)[nH]n(-c3nc(C)cc(Cl)n3)c2=O)cc1. The summed E-state index contributed by atoms with van der Waals surface area (Å²) >= 11 is 5.93. The van der Waals surface area contributed by atoms with Crippen LogP contribution in [0.5, 0.6) is 5.75 Å². The van der Waals surface area contributed by atoms with E-state index < -0.39 is 5.56 Å². The molecule has 9 heteroatoms. The van der Waals surface area contributed by atoms with Gasteiger partial charge in [-0.3, -0.25) is 9.89 Å². The fourth-order valence-electron chi connectivity index (χ4n) is 2.17. The topological polar surface area (TPSA) is 97.5 Å². The van der Waals surface area contributed by atoms with Crippen molar-refractivity contribution in [1.82, 2.24) is 19.7 Å². The Balaban J connectivity index is 1.96. The maximum Gasteiger partial charge on any atom is 0.301 e. The molecular weight excluding hydrogens is 344 g/mol. The third-order valence-corrected chi connectivity index (χ3v) is 3.58. The summed E-state index contributed by atoms with van der Waals surface area (Å²) < 4.78 is 6.28. The average molecular weight is 359 g/mol. The number of nitrogens with one attached hydrogen (secondary N) is 1. The van der Waals surface area contributed by atoms with E-state index in [1.54, 1.807) is 51.3 Å². The van der Waals surface area contributed by atoms with Crippen molar-refractivity contribution in [3.8, 4) is 11.7 Å². The molecule has 0 saturated heterocycles. The molecule has 0 saturated carbocycles. The van der Waals surface area contributed by atoms with E-state index >= 15 is 0 Å². The maximum absolute atomic E-state index is 12.6. The van der Waals surface area contributed by atoms with Crippen molar-refractivity contribution in [1.29, 1.82) is 0 Å². The number of rotatable bonds is 4. The van der Waals surface area contributed by atoms with Gasteiger partial charge in [-0.1, -0.05) is 11.6 Å². The Morgan fingerprint density at radius 2 is 1.88 bits per heavy atom. The van der Waals surface area contributed by atoms with Crippen LogP contribution in [0, 0.1) is 13.8 Å². The first-order valence-electron chi connectivity index (χ1n) is 7.37. The van der Waals surface area contributed by atoms with Crippen LogP contribution in [0.25, 0.3) is 5.95 Å². The van der Waals surface area contributed by atoms with Crippen molar-refractivity contribution in [2.24, 2.45) is 10.2 Å². The summed E-state index contributed by atoms with van der Waals surface area (Å²) in [6.07, 6.45) is 0. The zero-order valence-corrected chi connectivity index (χ0v) is 14.6. The Hall–Kier alpha value is -3.00. The van der Waals surface area contributed by atoms with Gasteiger partial charge < -0.3 is 4.74 Å². The van der Waals surface area contributed by atoms with Crippen molar-refractivity contribution < 1.29 is 4.74 Å². The molecule has 0 fully saturated rings. The van der Waals surface area contributed by atoms with Gasteiger partial charge >= 0.3 is 5.56 Å². The summed E-state index contributed by atoms with van der Waals surface area (Å²) in [5.41, 5.74) is 1.56. The number of nitrogens with zero attached hydrogens (tertiary/aromatic N) is 5. The van der Waals surface area contributed by atoms with Crippen LogP contribution in [-0.2, 0) is 0 Å². The molecule has 2 aromatic heterocycles. The predicted octanol–water partition coefficient (Wildman–Crippen LogP) is 3.65. The lowest BCUT2D eigenvalue weighted by Gasteiger charge is -2.01. The number of aromatic amines is 1. The van der Waals surface area contributed by atoms with Gasteiger partial charge in [0.05, 0.1) is 18.5 Å². The van der Waals surface area contributed by atoms with Gasteiger partial charge in [0.1, 0.15) is 10.9 Å². The van der Waals surface area contributed by atoms with Crippen molar-refractivity contribution in [2.45, 2.75) is 13.8 Å². The first kappa shape index (κ1) is 16.8. The molecule has 0 amide bonds. The van der Waals surface area contributed by atoms with Crippen molar-refractivity contribution in [3.05, 3.63) is 57.2 Å². The molecule has 0 radical (unpaired) electrons. The maximum atomic E-state index is 12.6. The number of halogens is 1. The van der Waals surface area contributed by atoms with Crippen LogP contribution in [0.15, 0.2) is 45.4 Å². The average Bonchev–Trinajstić information content (AvgIpc) is 2.87. The van der Waals surface area contributed by atoms with Gasteiger partial charge in [-0.05, 0) is 44.2 Å². The lowest BCUT2D eigenvalue weighted by atomic mass is 10.3. The molecule has 0 aliphatic rings. The van der Waals surface area contributed by atoms with E-state index in [0.717, 1.165) is 0 Å². The van der Waals surface area contributed by atoms with Crippen LogP contribution in [0.1, 0.15) is 11.4 Å². The van der Waals surface area contributed by atoms with Gasteiger partial charge in [-0.2, -0.15) is 14.8 Å². The lowest BCUT2D eigenvalue weighted by Crippen LogP contribution is -2.17. The summed E-state index contributed by atoms with van der Waals surface area (Å²) in [4.78, 5) is 20.8. The monoisotopic (exact) mass is 358 g/mol. The van der Waals surface area contributed by atoms with Gasteiger partial charge in [0.15, 0.2) is 5.69 Å². The molecule has 128 valence electrons. The molecule has 0 bridgehead atoms. The highest BCUT2D eigenvalue weighted by Crippen LogP contribution is 2.21. The van der Waals surface area contributed by atoms with Crippen molar-refractivity contribution in [2.75, 3.05) is 7.11 Å². The van der Waals surface area contributed by atoms with Crippen LogP contribution in [-0.4, -0.2) is 26.9 Å². The minimum atomic E-state index is -0.406. The molecule has 8 nitrogen and oxygen atoms in total. The van der Waals surface area contributed by atoms with Crippen LogP contribution < -0.4 is 10.3 Å². The van der Waals surface area contributed by atoms with E-state index in [1.165, 1.54) is 4.68 Å². The molecule has 1 aromatic carbocycles. The van der Waals surface area contributed by atoms with E-state index in [2.05, 4.69) is 25.3 Å². The van der Waals surface area contributed by atoms with Gasteiger partial charge in [0, 0.05) is 5.69 Å². The number of H-pyrrole nitrogens is 1. The number of methoxy groups -OCH3 is 1. The number of azo groups is 1. The molecule has 3 rings (SSSR count). The van der Waals surface area contributed by atoms with Crippen LogP contribution >= 0.6 is 11.6 Å². The van der Waals surface area contributed by atoms with Crippen LogP contribution in [0.2, 0.25) is 5.15 Å². The predicted molar refractivity (Wildman–Crippen MR) is 93.6 cm³/mol. The molecule has 0 atom stereocenters. The second-order valence-corrected chi connectivity index (χ2v) is 5.64. The third-order valence-electron chi connectivity index (χ3n) is 3.39. The van der Waals surface area contributed by atoms with E-state index in [9.17, 15) is 4.79 Å². The van der Waals surface area contributed by atoms with E-state index in [-0.39, 0.29) is 16.8 Å². The number of benzene rings is 1. The minimum absolute atomic E-state index is 0.156. The van der Waals surface area contributed by atoms with Crippen molar-refractivity contribution >= 4 is 23.0 Å². The molecule has 0 aliphatic carbocycles. The molecule has 1 N–H and O–H groups in total. The van der Waals surface area contributed by atoms with Crippen molar-refractivity contribution in [3.63, 3.8) is 0 Å². The molecule has 0 aliphatic heterocycles. The Bertz CT molecular complexity index is 971. The highest BCUT2D eigenvalue weighted by atomic mass is 35.5. The number of hydrogen-bond acceptors (Lipinski definition) is 6. The summed E-state index contributed by atoms with van der Waals surface area (Å²) in [6.45, 7) is 3.49. The first-order chi connectivity index (χ1) is 12.0. The Kier molecular flexibility index (Phi) is 4.62. The van der Waals surface area contributed by atoms with Gasteiger partial charge in [0.2, 0.25) is 0 Å². The van der Waals surface area contributed by atoms with Gasteiger partial charge in [0.25, 0.3) is 5.95 Å². The number of hydrogen-bond donors (Lipinski definition) is 1. The zero-order valence-electron chi connectivity index (χ0n) is 13.8. The summed E-state index contributed by atoms with van der Waals surface area (Å²) in [6, 6.07) is 8.62. The van der Waals surface area contributed by atoms with E-state index in [0.29, 0.717) is 22.8 Å². The van der Waals surface area contributed by atoms with E-state index in [4.69, 9.17) is 16.3 Å². The van der Waals surface area contributed by atoms with Gasteiger partial charge in [-0.15, -0.1) is 5.11 Å². The van der Waals surface area contributed by atoms with Crippen LogP contribution in [0.4, 0.5) is 11.4 Å². The standard InChI is InChI=1S/C16H15ClN6O2/c1-9-8-13(17)19-16(18-9)23-15(24)14(10(2)22-23)21-20-11-4-6-12(25-3)7-5-11/h4-8,22H,1-3H3. The summed E-state index contributed by atoms with van der Waals surface area (Å²) in [7, 11) is 1.59. The lowest BCUT2D eigenvalue weighted by molar-refractivity contribution is 0.415. The summed E-state index contributed by atoms with van der Waals surface area (Å²) in [5.74, 6) is 0.872. The Morgan fingerprint density at radius 3 is 2.52 bits per heavy atom. The zero-order chi connectivity index (χ0) is 18.0. The molecule has 3 aromatic rings. The quantitative estimate of drug-likeness (QED) is 0.568. The fourth-order valence-corrected chi connectivity index (χ4v) is 2.40. The molecule has 2 heterocycles. The molecule has 25 heavy (non-hydrogen) atoms. The second kappa shape index (κ2) is 6.86. The normalized spacial score (nSPS) is 11.2. The second-order valence-electron chi connectivity index (χ2n) is 5.26. The first-order valence-corrected chi connectivity index (χ1v) is 7.74. The smallest absolute Gasteiger partial charge is 0.301 e. The third kappa shape index (κ3) is 3.58. The number of ether oxygens (including phenoxy) is 1.